The molecule has 1 heterocycles. The first-order chi connectivity index (χ1) is 18.2. The number of primary amides is 1. The summed E-state index contributed by atoms with van der Waals surface area (Å²) in [5, 5.41) is 1.17. The Balaban J connectivity index is 1.66. The molecule has 0 aromatic heterocycles. The first kappa shape index (κ1) is 29.1. The molecule has 0 bridgehead atoms. The van der Waals surface area contributed by atoms with Gasteiger partial charge in [-0.1, -0.05) is 42.5 Å². The fraction of sp³-hybridized carbons (Fsp3) is 0.346. The number of amides is 2. The van der Waals surface area contributed by atoms with Gasteiger partial charge in [-0.25, -0.2) is 4.79 Å². The van der Waals surface area contributed by atoms with E-state index < -0.39 is 46.3 Å². The van der Waals surface area contributed by atoms with Crippen molar-refractivity contribution in [1.29, 1.82) is 0 Å². The lowest BCUT2D eigenvalue weighted by atomic mass is 10.1. The largest absolute Gasteiger partial charge is 0.468 e. The summed E-state index contributed by atoms with van der Waals surface area (Å²) in [7, 11) is 2.52. The summed E-state index contributed by atoms with van der Waals surface area (Å²) in [6.45, 7) is 0.0210. The van der Waals surface area contributed by atoms with Crippen molar-refractivity contribution in [2.45, 2.75) is 40.6 Å². The second kappa shape index (κ2) is 13.9. The molecule has 1 aliphatic rings. The highest BCUT2D eigenvalue weighted by atomic mass is 32.2. The average molecular weight is 561 g/mol. The van der Waals surface area contributed by atoms with Crippen molar-refractivity contribution >= 4 is 53.2 Å². The first-order valence-corrected chi connectivity index (χ1v) is 13.5. The molecule has 10 nitrogen and oxygen atoms in total. The van der Waals surface area contributed by atoms with Crippen LogP contribution in [0.5, 0.6) is 0 Å². The molecule has 12 heteroatoms. The van der Waals surface area contributed by atoms with Crippen LogP contribution in [-0.2, 0) is 40.0 Å². The average Bonchev–Trinajstić information content (AvgIpc) is 3.39. The number of ether oxygens (including phenoxy) is 3. The lowest BCUT2D eigenvalue weighted by Crippen LogP contribution is -2.42. The van der Waals surface area contributed by atoms with Crippen LogP contribution in [0.25, 0.3) is 0 Å². The molecular formula is C26H28N2O8S2. The number of nitrogens with one attached hydrogen (secondary N) is 1. The van der Waals surface area contributed by atoms with Crippen LogP contribution in [0.1, 0.15) is 38.9 Å². The van der Waals surface area contributed by atoms with Crippen LogP contribution in [0.4, 0.5) is 0 Å². The Labute approximate surface area is 228 Å². The molecule has 0 aliphatic carbocycles. The van der Waals surface area contributed by atoms with E-state index in [4.69, 9.17) is 19.9 Å². The van der Waals surface area contributed by atoms with Crippen LogP contribution in [0.3, 0.4) is 0 Å². The van der Waals surface area contributed by atoms with Gasteiger partial charge in [0.2, 0.25) is 5.91 Å². The predicted octanol–water partition coefficient (Wildman–Crippen LogP) is 2.36. The Morgan fingerprint density at radius 1 is 0.895 bits per heavy atom. The maximum atomic E-state index is 12.9. The van der Waals surface area contributed by atoms with E-state index in [0.29, 0.717) is 0 Å². The molecular weight excluding hydrogens is 532 g/mol. The van der Waals surface area contributed by atoms with Crippen LogP contribution in [-0.4, -0.2) is 60.5 Å². The Bertz CT molecular complexity index is 1140. The zero-order valence-corrected chi connectivity index (χ0v) is 22.4. The summed E-state index contributed by atoms with van der Waals surface area (Å²) in [6, 6.07) is 14.6. The normalized spacial score (nSPS) is 19.2. The number of benzene rings is 2. The number of hydrogen-bond acceptors (Lipinski definition) is 10. The third-order valence-corrected chi connectivity index (χ3v) is 9.01. The molecule has 2 aromatic carbocycles. The predicted molar refractivity (Wildman–Crippen MR) is 142 cm³/mol. The minimum absolute atomic E-state index is 0.00797. The van der Waals surface area contributed by atoms with E-state index in [1.54, 1.807) is 36.4 Å². The molecule has 202 valence electrons. The van der Waals surface area contributed by atoms with Crippen LogP contribution in [0, 0.1) is 0 Å². The smallest absolute Gasteiger partial charge is 0.328 e. The van der Waals surface area contributed by atoms with Crippen molar-refractivity contribution in [3.8, 4) is 0 Å². The van der Waals surface area contributed by atoms with Crippen molar-refractivity contribution in [1.82, 2.24) is 5.32 Å². The van der Waals surface area contributed by atoms with E-state index in [0.717, 1.165) is 11.1 Å². The highest BCUT2D eigenvalue weighted by Gasteiger charge is 2.46. The number of hydrogen-bond donors (Lipinski definition) is 2. The lowest BCUT2D eigenvalue weighted by molar-refractivity contribution is -0.147. The topological polar surface area (TPSA) is 151 Å². The quantitative estimate of drug-likeness (QED) is 0.310. The van der Waals surface area contributed by atoms with Gasteiger partial charge in [0.15, 0.2) is 0 Å². The summed E-state index contributed by atoms with van der Waals surface area (Å²) in [5.41, 5.74) is 7.07. The number of carbonyl (C=O) groups is 5. The van der Waals surface area contributed by atoms with Gasteiger partial charge in [0.1, 0.15) is 23.1 Å². The fourth-order valence-corrected chi connectivity index (χ4v) is 7.03. The highest BCUT2D eigenvalue weighted by Crippen LogP contribution is 2.54. The highest BCUT2D eigenvalue weighted by molar-refractivity contribution is 8.21. The van der Waals surface area contributed by atoms with Crippen molar-refractivity contribution in [2.75, 3.05) is 14.2 Å². The molecule has 2 aromatic rings. The summed E-state index contributed by atoms with van der Waals surface area (Å²) < 4.78 is 14.7. The lowest BCUT2D eigenvalue weighted by Gasteiger charge is -2.18. The summed E-state index contributed by atoms with van der Waals surface area (Å²) in [6.07, 6.45) is -0.116. The molecule has 3 atom stereocenters. The molecule has 3 N–H and O–H groups in total. The molecule has 0 radical (unpaired) electrons. The van der Waals surface area contributed by atoms with E-state index in [-0.39, 0.29) is 29.6 Å². The zero-order chi connectivity index (χ0) is 27.7. The van der Waals surface area contributed by atoms with Crippen molar-refractivity contribution in [2.24, 2.45) is 5.73 Å². The van der Waals surface area contributed by atoms with Gasteiger partial charge in [-0.2, -0.15) is 0 Å². The zero-order valence-electron chi connectivity index (χ0n) is 20.8. The number of rotatable bonds is 11. The summed E-state index contributed by atoms with van der Waals surface area (Å²) in [5.74, 6) is -2.85. The Morgan fingerprint density at radius 3 is 2.00 bits per heavy atom. The summed E-state index contributed by atoms with van der Waals surface area (Å²) in [4.78, 5) is 61.2. The maximum Gasteiger partial charge on any atom is 0.328 e. The summed E-state index contributed by atoms with van der Waals surface area (Å²) >= 11 is 2.54. The minimum Gasteiger partial charge on any atom is -0.468 e. The molecule has 1 fully saturated rings. The monoisotopic (exact) mass is 560 g/mol. The van der Waals surface area contributed by atoms with Gasteiger partial charge in [0.25, 0.3) is 5.91 Å². The molecule has 1 aliphatic heterocycles. The van der Waals surface area contributed by atoms with Crippen LogP contribution >= 0.6 is 23.5 Å². The van der Waals surface area contributed by atoms with Gasteiger partial charge in [-0.3, -0.25) is 19.2 Å². The Kier molecular flexibility index (Phi) is 10.6. The second-order valence-electron chi connectivity index (χ2n) is 8.24. The van der Waals surface area contributed by atoms with E-state index >= 15 is 0 Å². The van der Waals surface area contributed by atoms with Gasteiger partial charge < -0.3 is 25.3 Å². The van der Waals surface area contributed by atoms with E-state index in [2.05, 4.69) is 5.32 Å². The molecule has 2 amide bonds. The third kappa shape index (κ3) is 7.75. The number of methoxy groups -OCH3 is 2. The standard InChI is InChI=1S/C26H28N2O8S2/c1-34-24(32)20-21(25(33)35-2)38-26(37-20)17-10-8-16(9-11-17)22(30)28-18(12-13-19(27)29)23(31)36-14-15-6-4-3-5-7-15/h3-11,18,20-21,26H,12-14H2,1-2H3,(H2,27,29)(H,28,30). The second-order valence-corrected chi connectivity index (χ2v) is 11.0. The number of nitrogens with two attached hydrogens (primary N) is 1. The number of carbonyl (C=O) groups excluding carboxylic acids is 5. The number of thioether (sulfide) groups is 2. The molecule has 38 heavy (non-hydrogen) atoms. The third-order valence-electron chi connectivity index (χ3n) is 5.62. The minimum atomic E-state index is -1.07. The van der Waals surface area contributed by atoms with E-state index in [9.17, 15) is 24.0 Å². The van der Waals surface area contributed by atoms with Gasteiger partial charge in [0.05, 0.1) is 18.8 Å². The van der Waals surface area contributed by atoms with Gasteiger partial charge in [-0.05, 0) is 29.7 Å². The molecule has 0 spiro atoms. The fourth-order valence-electron chi connectivity index (χ4n) is 3.59. The molecule has 3 rings (SSSR count). The van der Waals surface area contributed by atoms with Crippen molar-refractivity contribution < 1.29 is 38.2 Å². The molecule has 1 saturated heterocycles. The van der Waals surface area contributed by atoms with Gasteiger partial charge >= 0.3 is 17.9 Å². The molecule has 0 saturated carbocycles. The van der Waals surface area contributed by atoms with Crippen molar-refractivity contribution in [3.63, 3.8) is 0 Å². The first-order valence-electron chi connectivity index (χ1n) is 11.6. The maximum absolute atomic E-state index is 12.9. The van der Waals surface area contributed by atoms with Crippen LogP contribution < -0.4 is 11.1 Å². The van der Waals surface area contributed by atoms with Crippen LogP contribution in [0.15, 0.2) is 54.6 Å². The van der Waals surface area contributed by atoms with Crippen molar-refractivity contribution in [3.05, 3.63) is 71.3 Å². The molecule has 3 unspecified atom stereocenters. The SMILES string of the molecule is COC(=O)C1SC(c2ccc(C(=O)NC(CCC(N)=O)C(=O)OCc3ccccc3)cc2)SC1C(=O)OC. The van der Waals surface area contributed by atoms with Gasteiger partial charge in [-0.15, -0.1) is 23.5 Å². The van der Waals surface area contributed by atoms with E-state index in [1.807, 2.05) is 18.2 Å². The number of esters is 3. The van der Waals surface area contributed by atoms with Crippen LogP contribution in [0.2, 0.25) is 0 Å². The Hall–Kier alpha value is -3.51. The van der Waals surface area contributed by atoms with Gasteiger partial charge in [0, 0.05) is 12.0 Å². The Morgan fingerprint density at radius 2 is 1.47 bits per heavy atom. The van der Waals surface area contributed by atoms with E-state index in [1.165, 1.54) is 37.7 Å².